The summed E-state index contributed by atoms with van der Waals surface area (Å²) in [6.07, 6.45) is -1.60. The Bertz CT molecular complexity index is 502. The number of carboxylic acid groups (broad SMARTS) is 1. The molecule has 116 valence electrons. The van der Waals surface area contributed by atoms with Crippen molar-refractivity contribution < 1.29 is 23.1 Å². The highest BCUT2D eigenvalue weighted by atomic mass is 19.4. The number of halogens is 3. The first-order chi connectivity index (χ1) is 9.86. The van der Waals surface area contributed by atoms with Crippen molar-refractivity contribution in [3.63, 3.8) is 0 Å². The Hall–Kier alpha value is -1.56. The molecule has 1 aromatic rings. The van der Waals surface area contributed by atoms with Crippen LogP contribution >= 0.6 is 0 Å². The maximum Gasteiger partial charge on any atom is 0.416 e. The summed E-state index contributed by atoms with van der Waals surface area (Å²) in [6, 6.07) is 5.16. The first kappa shape index (κ1) is 15.8. The van der Waals surface area contributed by atoms with Gasteiger partial charge in [0.2, 0.25) is 0 Å². The molecule has 0 aliphatic carbocycles. The first-order valence-corrected chi connectivity index (χ1v) is 6.98. The summed E-state index contributed by atoms with van der Waals surface area (Å²) in [7, 11) is 0. The number of carboxylic acids is 1. The van der Waals surface area contributed by atoms with Crippen LogP contribution in [0.15, 0.2) is 24.3 Å². The largest absolute Gasteiger partial charge is 0.481 e. The Morgan fingerprint density at radius 3 is 2.76 bits per heavy atom. The summed E-state index contributed by atoms with van der Waals surface area (Å²) in [5.74, 6) is -0.865. The van der Waals surface area contributed by atoms with Gasteiger partial charge in [-0.05, 0) is 31.0 Å². The van der Waals surface area contributed by atoms with E-state index in [2.05, 4.69) is 0 Å². The number of benzene rings is 1. The van der Waals surface area contributed by atoms with E-state index in [1.54, 1.807) is 6.07 Å². The van der Waals surface area contributed by atoms with Gasteiger partial charge in [-0.2, -0.15) is 13.2 Å². The highest BCUT2D eigenvalue weighted by molar-refractivity contribution is 5.67. The van der Waals surface area contributed by atoms with Crippen molar-refractivity contribution in [2.24, 2.45) is 0 Å². The van der Waals surface area contributed by atoms with Crippen LogP contribution < -0.4 is 0 Å². The fraction of sp³-hybridized carbons (Fsp3) is 0.533. The van der Waals surface area contributed by atoms with Crippen LogP contribution in [0, 0.1) is 0 Å². The van der Waals surface area contributed by atoms with Crippen LogP contribution in [0.25, 0.3) is 0 Å². The Labute approximate surface area is 121 Å². The molecule has 1 saturated heterocycles. The summed E-state index contributed by atoms with van der Waals surface area (Å²) in [4.78, 5) is 12.9. The van der Waals surface area contributed by atoms with Crippen LogP contribution in [0.1, 0.15) is 36.8 Å². The average Bonchev–Trinajstić information content (AvgIpc) is 2.40. The fourth-order valence-electron chi connectivity index (χ4n) is 2.78. The number of rotatable bonds is 4. The van der Waals surface area contributed by atoms with Gasteiger partial charge in [0.1, 0.15) is 0 Å². The predicted molar refractivity (Wildman–Crippen MR) is 71.7 cm³/mol. The van der Waals surface area contributed by atoms with Gasteiger partial charge < -0.3 is 5.11 Å². The molecule has 0 amide bonds. The second-order valence-electron chi connectivity index (χ2n) is 5.42. The second kappa shape index (κ2) is 6.47. The predicted octanol–water partition coefficient (Wildman–Crippen LogP) is 3.53. The number of alkyl halides is 3. The molecule has 1 unspecified atom stereocenters. The van der Waals surface area contributed by atoms with Gasteiger partial charge in [0.05, 0.1) is 12.0 Å². The summed E-state index contributed by atoms with van der Waals surface area (Å²) in [5.41, 5.74) is -0.0890. The zero-order chi connectivity index (χ0) is 15.5. The van der Waals surface area contributed by atoms with Crippen molar-refractivity contribution in [3.8, 4) is 0 Å². The number of carbonyl (C=O) groups is 1. The molecule has 1 atom stereocenters. The van der Waals surface area contributed by atoms with Crippen LogP contribution in [0.5, 0.6) is 0 Å². The second-order valence-corrected chi connectivity index (χ2v) is 5.42. The van der Waals surface area contributed by atoms with Gasteiger partial charge in [0.25, 0.3) is 0 Å². The normalized spacial score (nSPS) is 20.4. The van der Waals surface area contributed by atoms with Crippen molar-refractivity contribution in [2.45, 2.75) is 44.4 Å². The van der Waals surface area contributed by atoms with Gasteiger partial charge in [-0.3, -0.25) is 9.69 Å². The highest BCUT2D eigenvalue weighted by Crippen LogP contribution is 2.30. The Kier molecular flexibility index (Phi) is 4.88. The zero-order valence-electron chi connectivity index (χ0n) is 11.6. The van der Waals surface area contributed by atoms with E-state index in [0.717, 1.165) is 37.9 Å². The van der Waals surface area contributed by atoms with Crippen LogP contribution in [0.2, 0.25) is 0 Å². The lowest BCUT2D eigenvalue weighted by Crippen LogP contribution is -2.40. The number of likely N-dealkylation sites (tertiary alicyclic amines) is 1. The number of aliphatic carboxylic acids is 1. The van der Waals surface area contributed by atoms with E-state index >= 15 is 0 Å². The molecule has 3 nitrogen and oxygen atoms in total. The van der Waals surface area contributed by atoms with Crippen molar-refractivity contribution >= 4 is 5.97 Å². The molecule has 1 aliphatic heterocycles. The maximum absolute atomic E-state index is 12.7. The minimum atomic E-state index is -4.35. The van der Waals surface area contributed by atoms with E-state index < -0.39 is 17.7 Å². The SMILES string of the molecule is O=C(O)CC1CCCCN1Cc1cccc(C(F)(F)F)c1. The molecule has 1 fully saturated rings. The van der Waals surface area contributed by atoms with Gasteiger partial charge in [-0.1, -0.05) is 24.6 Å². The Balaban J connectivity index is 2.10. The Morgan fingerprint density at radius 1 is 1.33 bits per heavy atom. The third-order valence-electron chi connectivity index (χ3n) is 3.80. The fourth-order valence-corrected chi connectivity index (χ4v) is 2.78. The maximum atomic E-state index is 12.7. The van der Waals surface area contributed by atoms with E-state index in [-0.39, 0.29) is 12.5 Å². The average molecular weight is 301 g/mol. The Morgan fingerprint density at radius 2 is 2.10 bits per heavy atom. The number of hydrogen-bond acceptors (Lipinski definition) is 2. The lowest BCUT2D eigenvalue weighted by atomic mass is 9.98. The summed E-state index contributed by atoms with van der Waals surface area (Å²) >= 11 is 0. The van der Waals surface area contributed by atoms with Crippen LogP contribution in [0.4, 0.5) is 13.2 Å². The van der Waals surface area contributed by atoms with Gasteiger partial charge in [-0.15, -0.1) is 0 Å². The summed E-state index contributed by atoms with van der Waals surface area (Å²) in [5, 5.41) is 8.92. The number of piperidine rings is 1. The summed E-state index contributed by atoms with van der Waals surface area (Å²) in [6.45, 7) is 1.09. The van der Waals surface area contributed by atoms with E-state index in [1.165, 1.54) is 6.07 Å². The molecule has 6 heteroatoms. The third-order valence-corrected chi connectivity index (χ3v) is 3.80. The van der Waals surface area contributed by atoms with E-state index in [4.69, 9.17) is 5.11 Å². The van der Waals surface area contributed by atoms with E-state index in [9.17, 15) is 18.0 Å². The molecule has 1 N–H and O–H groups in total. The molecule has 1 heterocycles. The van der Waals surface area contributed by atoms with Gasteiger partial charge >= 0.3 is 12.1 Å². The quantitative estimate of drug-likeness (QED) is 0.925. The van der Waals surface area contributed by atoms with Crippen molar-refractivity contribution in [3.05, 3.63) is 35.4 Å². The zero-order valence-corrected chi connectivity index (χ0v) is 11.6. The van der Waals surface area contributed by atoms with E-state index in [1.807, 2.05) is 4.90 Å². The topological polar surface area (TPSA) is 40.5 Å². The number of hydrogen-bond donors (Lipinski definition) is 1. The van der Waals surface area contributed by atoms with Crippen LogP contribution in [-0.4, -0.2) is 28.6 Å². The monoisotopic (exact) mass is 301 g/mol. The molecule has 0 aromatic heterocycles. The molecule has 1 aromatic carbocycles. The molecule has 0 spiro atoms. The molecule has 1 aliphatic rings. The van der Waals surface area contributed by atoms with Gasteiger partial charge in [0, 0.05) is 12.6 Å². The highest BCUT2D eigenvalue weighted by Gasteiger charge is 2.31. The molecular formula is C15H18F3NO2. The van der Waals surface area contributed by atoms with E-state index in [0.29, 0.717) is 12.1 Å². The standard InChI is InChI=1S/C15H18F3NO2/c16-15(17,18)12-5-3-4-11(8-12)10-19-7-2-1-6-13(19)9-14(20)21/h3-5,8,13H,1-2,6-7,9-10H2,(H,20,21). The lowest BCUT2D eigenvalue weighted by Gasteiger charge is -2.35. The molecule has 0 radical (unpaired) electrons. The van der Waals surface area contributed by atoms with Crippen molar-refractivity contribution in [1.82, 2.24) is 4.90 Å². The molecule has 21 heavy (non-hydrogen) atoms. The molecular weight excluding hydrogens is 283 g/mol. The number of nitrogens with zero attached hydrogens (tertiary/aromatic N) is 1. The van der Waals surface area contributed by atoms with Crippen molar-refractivity contribution in [2.75, 3.05) is 6.54 Å². The summed E-state index contributed by atoms with van der Waals surface area (Å²) < 4.78 is 38.1. The third kappa shape index (κ3) is 4.46. The minimum Gasteiger partial charge on any atom is -0.481 e. The smallest absolute Gasteiger partial charge is 0.416 e. The van der Waals surface area contributed by atoms with Crippen molar-refractivity contribution in [1.29, 1.82) is 0 Å². The molecule has 2 rings (SSSR count). The minimum absolute atomic E-state index is 0.0406. The van der Waals surface area contributed by atoms with Gasteiger partial charge in [0.15, 0.2) is 0 Å². The van der Waals surface area contributed by atoms with Crippen LogP contribution in [-0.2, 0) is 17.5 Å². The van der Waals surface area contributed by atoms with Crippen LogP contribution in [0.3, 0.4) is 0 Å². The first-order valence-electron chi connectivity index (χ1n) is 6.98. The molecule has 0 saturated carbocycles. The lowest BCUT2D eigenvalue weighted by molar-refractivity contribution is -0.139. The molecule has 0 bridgehead atoms. The van der Waals surface area contributed by atoms with Gasteiger partial charge in [-0.25, -0.2) is 0 Å².